The number of hydrogen-bond acceptors (Lipinski definition) is 4. The Morgan fingerprint density at radius 1 is 1.54 bits per heavy atom. The zero-order chi connectivity index (χ0) is 9.68. The van der Waals surface area contributed by atoms with Gasteiger partial charge in [-0.1, -0.05) is 6.07 Å². The van der Waals surface area contributed by atoms with Gasteiger partial charge < -0.3 is 10.2 Å². The van der Waals surface area contributed by atoms with Crippen LogP contribution in [0.15, 0.2) is 18.3 Å². The molecule has 0 aliphatic carbocycles. The van der Waals surface area contributed by atoms with E-state index in [4.69, 9.17) is 10.6 Å². The van der Waals surface area contributed by atoms with E-state index in [0.29, 0.717) is 12.4 Å². The lowest BCUT2D eigenvalue weighted by atomic mass is 10.3. The lowest BCUT2D eigenvalue weighted by Gasteiger charge is -2.07. The molecule has 1 heterocycles. The molecule has 0 bridgehead atoms. The summed E-state index contributed by atoms with van der Waals surface area (Å²) in [6.45, 7) is 4.60. The first-order chi connectivity index (χ1) is 6.22. The molecule has 0 saturated heterocycles. The molecule has 0 radical (unpaired) electrons. The van der Waals surface area contributed by atoms with Crippen molar-refractivity contribution in [3.63, 3.8) is 0 Å². The van der Waals surface area contributed by atoms with E-state index >= 15 is 0 Å². The maximum Gasteiger partial charge on any atom is 0.139 e. The highest BCUT2D eigenvalue weighted by Gasteiger charge is 1.96. The van der Waals surface area contributed by atoms with Gasteiger partial charge in [0.2, 0.25) is 0 Å². The Hall–Kier alpha value is -1.13. The van der Waals surface area contributed by atoms with E-state index in [1.54, 1.807) is 6.20 Å². The molecule has 0 amide bonds. The normalized spacial score (nSPS) is 10.5. The summed E-state index contributed by atoms with van der Waals surface area (Å²) in [6, 6.07) is 3.75. The number of nitrogens with two attached hydrogens (primary N) is 1. The van der Waals surface area contributed by atoms with Crippen molar-refractivity contribution in [3.8, 4) is 0 Å². The van der Waals surface area contributed by atoms with Gasteiger partial charge in [-0.25, -0.2) is 10.8 Å². The van der Waals surface area contributed by atoms with Crippen molar-refractivity contribution in [1.82, 2.24) is 4.98 Å². The van der Waals surface area contributed by atoms with E-state index in [0.717, 1.165) is 5.56 Å². The topological polar surface area (TPSA) is 60.2 Å². The first kappa shape index (κ1) is 9.95. The van der Waals surface area contributed by atoms with Gasteiger partial charge in [0.05, 0.1) is 12.7 Å². The molecule has 0 aromatic carbocycles. The zero-order valence-electron chi connectivity index (χ0n) is 7.95. The minimum atomic E-state index is 0.243. The van der Waals surface area contributed by atoms with Crippen LogP contribution in [0.2, 0.25) is 0 Å². The summed E-state index contributed by atoms with van der Waals surface area (Å²) in [5.41, 5.74) is 3.52. The molecule has 1 rings (SSSR count). The molecule has 4 heteroatoms. The summed E-state index contributed by atoms with van der Waals surface area (Å²) >= 11 is 0. The molecular formula is C9H15N3O. The second-order valence-electron chi connectivity index (χ2n) is 3.06. The van der Waals surface area contributed by atoms with Gasteiger partial charge in [-0.05, 0) is 25.5 Å². The van der Waals surface area contributed by atoms with Gasteiger partial charge in [-0.3, -0.25) is 0 Å². The summed E-state index contributed by atoms with van der Waals surface area (Å²) in [7, 11) is 0. The van der Waals surface area contributed by atoms with Gasteiger partial charge in [0.25, 0.3) is 0 Å². The fourth-order valence-corrected chi connectivity index (χ4v) is 0.858. The number of aromatic nitrogens is 1. The van der Waals surface area contributed by atoms with Crippen molar-refractivity contribution in [2.24, 2.45) is 5.84 Å². The van der Waals surface area contributed by atoms with Crippen LogP contribution in [-0.4, -0.2) is 11.1 Å². The van der Waals surface area contributed by atoms with Crippen LogP contribution in [0.5, 0.6) is 0 Å². The Balaban J connectivity index is 2.49. The molecule has 4 nitrogen and oxygen atoms in total. The number of anilines is 1. The number of nitrogen functional groups attached to an aromatic ring is 1. The molecule has 0 fully saturated rings. The van der Waals surface area contributed by atoms with Crippen LogP contribution in [0.4, 0.5) is 5.82 Å². The lowest BCUT2D eigenvalue weighted by Crippen LogP contribution is -2.08. The molecule has 1 aromatic rings. The fraction of sp³-hybridized carbons (Fsp3) is 0.444. The SMILES string of the molecule is CC(C)OCc1ccc(NN)nc1. The van der Waals surface area contributed by atoms with Crippen LogP contribution in [0, 0.1) is 0 Å². The van der Waals surface area contributed by atoms with Crippen molar-refractivity contribution in [2.75, 3.05) is 5.43 Å². The Kier molecular flexibility index (Phi) is 3.67. The second kappa shape index (κ2) is 4.79. The minimum Gasteiger partial charge on any atom is -0.374 e. The second-order valence-corrected chi connectivity index (χ2v) is 3.06. The van der Waals surface area contributed by atoms with Gasteiger partial charge >= 0.3 is 0 Å². The standard InChI is InChI=1S/C9H15N3O/c1-7(2)13-6-8-3-4-9(12-10)11-5-8/h3-5,7H,6,10H2,1-2H3,(H,11,12). The van der Waals surface area contributed by atoms with Gasteiger partial charge in [0.15, 0.2) is 0 Å². The molecular weight excluding hydrogens is 166 g/mol. The van der Waals surface area contributed by atoms with Gasteiger partial charge in [0, 0.05) is 6.20 Å². The van der Waals surface area contributed by atoms with Crippen molar-refractivity contribution in [2.45, 2.75) is 26.6 Å². The highest BCUT2D eigenvalue weighted by Crippen LogP contribution is 2.05. The summed E-state index contributed by atoms with van der Waals surface area (Å²) in [5.74, 6) is 5.84. The van der Waals surface area contributed by atoms with E-state index in [1.807, 2.05) is 26.0 Å². The van der Waals surface area contributed by atoms with Gasteiger partial charge in [-0.15, -0.1) is 0 Å². The minimum absolute atomic E-state index is 0.243. The first-order valence-electron chi connectivity index (χ1n) is 4.25. The maximum atomic E-state index is 5.41. The average molecular weight is 181 g/mol. The summed E-state index contributed by atoms with van der Waals surface area (Å²) in [6.07, 6.45) is 1.99. The van der Waals surface area contributed by atoms with Crippen LogP contribution in [0.25, 0.3) is 0 Å². The third-order valence-corrected chi connectivity index (χ3v) is 1.56. The predicted molar refractivity (Wildman–Crippen MR) is 52.0 cm³/mol. The fourth-order valence-electron chi connectivity index (χ4n) is 0.858. The van der Waals surface area contributed by atoms with Crippen molar-refractivity contribution < 1.29 is 4.74 Å². The number of rotatable bonds is 4. The van der Waals surface area contributed by atoms with E-state index < -0.39 is 0 Å². The van der Waals surface area contributed by atoms with Crippen LogP contribution < -0.4 is 11.3 Å². The molecule has 0 aliphatic rings. The molecule has 1 aromatic heterocycles. The summed E-state index contributed by atoms with van der Waals surface area (Å²) in [4.78, 5) is 4.06. The van der Waals surface area contributed by atoms with Crippen molar-refractivity contribution >= 4 is 5.82 Å². The Morgan fingerprint density at radius 2 is 2.31 bits per heavy atom. The zero-order valence-corrected chi connectivity index (χ0v) is 7.95. The molecule has 0 unspecified atom stereocenters. The third kappa shape index (κ3) is 3.40. The van der Waals surface area contributed by atoms with Crippen LogP contribution in [0.1, 0.15) is 19.4 Å². The number of nitrogens with one attached hydrogen (secondary N) is 1. The third-order valence-electron chi connectivity index (χ3n) is 1.56. The number of hydrazine groups is 1. The molecule has 0 atom stereocenters. The Labute approximate surface area is 78.1 Å². The number of pyridine rings is 1. The molecule has 0 aliphatic heterocycles. The Morgan fingerprint density at radius 3 is 2.77 bits per heavy atom. The number of ether oxygens (including phenoxy) is 1. The number of hydrogen-bond donors (Lipinski definition) is 2. The molecule has 0 spiro atoms. The van der Waals surface area contributed by atoms with Gasteiger partial charge in [-0.2, -0.15) is 0 Å². The maximum absolute atomic E-state index is 5.41. The monoisotopic (exact) mass is 181 g/mol. The molecule has 72 valence electrons. The van der Waals surface area contributed by atoms with E-state index in [9.17, 15) is 0 Å². The van der Waals surface area contributed by atoms with Crippen molar-refractivity contribution in [1.29, 1.82) is 0 Å². The van der Waals surface area contributed by atoms with Crippen LogP contribution in [-0.2, 0) is 11.3 Å². The Bertz CT molecular complexity index is 246. The van der Waals surface area contributed by atoms with Crippen molar-refractivity contribution in [3.05, 3.63) is 23.9 Å². The van der Waals surface area contributed by atoms with E-state index in [-0.39, 0.29) is 6.10 Å². The quantitative estimate of drug-likeness (QED) is 0.543. The van der Waals surface area contributed by atoms with Crippen LogP contribution in [0.3, 0.4) is 0 Å². The predicted octanol–water partition coefficient (Wildman–Crippen LogP) is 1.29. The summed E-state index contributed by atoms with van der Waals surface area (Å²) < 4.78 is 5.41. The molecule has 3 N–H and O–H groups in total. The average Bonchev–Trinajstić information content (AvgIpc) is 2.15. The molecule has 13 heavy (non-hydrogen) atoms. The summed E-state index contributed by atoms with van der Waals surface area (Å²) in [5, 5.41) is 0. The number of nitrogens with zero attached hydrogens (tertiary/aromatic N) is 1. The van der Waals surface area contributed by atoms with E-state index in [1.165, 1.54) is 0 Å². The van der Waals surface area contributed by atoms with Gasteiger partial charge in [0.1, 0.15) is 5.82 Å². The highest BCUT2D eigenvalue weighted by atomic mass is 16.5. The molecule has 0 saturated carbocycles. The smallest absolute Gasteiger partial charge is 0.139 e. The van der Waals surface area contributed by atoms with E-state index in [2.05, 4.69) is 10.4 Å². The van der Waals surface area contributed by atoms with Crippen LogP contribution >= 0.6 is 0 Å². The largest absolute Gasteiger partial charge is 0.374 e. The lowest BCUT2D eigenvalue weighted by molar-refractivity contribution is 0.0655. The first-order valence-corrected chi connectivity index (χ1v) is 4.25. The highest BCUT2D eigenvalue weighted by molar-refractivity contribution is 5.33.